The number of alkyl halides is 3. The molecule has 0 atom stereocenters. The van der Waals surface area contributed by atoms with Gasteiger partial charge in [0.15, 0.2) is 6.61 Å². The molecule has 1 N–H and O–H groups in total. The number of benzene rings is 1. The van der Waals surface area contributed by atoms with Gasteiger partial charge in [0.2, 0.25) is 10.0 Å². The van der Waals surface area contributed by atoms with Crippen molar-refractivity contribution in [1.82, 2.24) is 14.6 Å². The topological polar surface area (TPSA) is 88.6 Å². The van der Waals surface area contributed by atoms with E-state index in [1.54, 1.807) is 13.8 Å². The van der Waals surface area contributed by atoms with Gasteiger partial charge in [-0.1, -0.05) is 6.07 Å². The first kappa shape index (κ1) is 23.3. The van der Waals surface area contributed by atoms with Crippen LogP contribution in [0.25, 0.3) is 10.9 Å². The second-order valence-corrected chi connectivity index (χ2v) is 9.69. The van der Waals surface area contributed by atoms with E-state index in [4.69, 9.17) is 4.74 Å². The number of carbonyl (C=O) groups excluding carboxylic acids is 1. The van der Waals surface area contributed by atoms with Crippen LogP contribution in [0.5, 0.6) is 5.75 Å². The van der Waals surface area contributed by atoms with Gasteiger partial charge < -0.3 is 9.64 Å². The van der Waals surface area contributed by atoms with E-state index < -0.39 is 27.0 Å². The van der Waals surface area contributed by atoms with E-state index in [-0.39, 0.29) is 48.3 Å². The molecule has 1 aromatic heterocycles. The van der Waals surface area contributed by atoms with Crippen molar-refractivity contribution in [2.45, 2.75) is 44.2 Å². The van der Waals surface area contributed by atoms with Crippen molar-refractivity contribution < 1.29 is 31.1 Å². The number of carbonyl (C=O) groups is 1. The summed E-state index contributed by atoms with van der Waals surface area (Å²) in [6, 6.07) is 4.86. The predicted octanol–water partition coefficient (Wildman–Crippen LogP) is 2.95. The summed E-state index contributed by atoms with van der Waals surface area (Å²) in [5.74, 6) is -0.229. The average molecular weight is 459 g/mol. The molecule has 1 fully saturated rings. The summed E-state index contributed by atoms with van der Waals surface area (Å²) in [4.78, 5) is 17.8. The number of pyridine rings is 1. The average Bonchev–Trinajstić information content (AvgIpc) is 2.70. The van der Waals surface area contributed by atoms with E-state index in [0.29, 0.717) is 12.8 Å². The molecular weight excluding hydrogens is 435 g/mol. The van der Waals surface area contributed by atoms with E-state index in [0.717, 1.165) is 6.07 Å². The second kappa shape index (κ2) is 8.99. The summed E-state index contributed by atoms with van der Waals surface area (Å²) < 4.78 is 72.3. The van der Waals surface area contributed by atoms with Crippen LogP contribution in [0, 0.1) is 0 Å². The Morgan fingerprint density at radius 2 is 1.94 bits per heavy atom. The Balaban J connectivity index is 1.64. The monoisotopic (exact) mass is 459 g/mol. The maximum atomic E-state index is 13.2. The van der Waals surface area contributed by atoms with Crippen molar-refractivity contribution in [3.8, 4) is 5.75 Å². The van der Waals surface area contributed by atoms with Crippen LogP contribution in [-0.2, 0) is 21.0 Å². The van der Waals surface area contributed by atoms with Gasteiger partial charge in [-0.25, -0.2) is 13.1 Å². The molecule has 2 heterocycles. The van der Waals surface area contributed by atoms with E-state index in [1.807, 2.05) is 0 Å². The van der Waals surface area contributed by atoms with E-state index in [1.165, 1.54) is 29.3 Å². The van der Waals surface area contributed by atoms with Gasteiger partial charge in [0.05, 0.1) is 16.3 Å². The first-order valence-electron chi connectivity index (χ1n) is 9.85. The number of para-hydroxylation sites is 1. The normalized spacial score (nSPS) is 16.1. The summed E-state index contributed by atoms with van der Waals surface area (Å²) in [7, 11) is -3.45. The molecule has 1 aromatic carbocycles. The minimum atomic E-state index is -4.56. The molecule has 3 rings (SSSR count). The summed E-state index contributed by atoms with van der Waals surface area (Å²) in [5, 5.41) is -0.403. The van der Waals surface area contributed by atoms with Crippen LogP contribution >= 0.6 is 0 Å². The molecule has 0 radical (unpaired) electrons. The Bertz CT molecular complexity index is 1050. The highest BCUT2D eigenvalue weighted by atomic mass is 32.2. The Kier molecular flexibility index (Phi) is 6.75. The van der Waals surface area contributed by atoms with Gasteiger partial charge in [0.25, 0.3) is 5.91 Å². The predicted molar refractivity (Wildman–Crippen MR) is 109 cm³/mol. The molecular formula is C20H24F3N3O4S. The zero-order chi connectivity index (χ0) is 22.8. The van der Waals surface area contributed by atoms with Gasteiger partial charge in [-0.05, 0) is 44.9 Å². The van der Waals surface area contributed by atoms with Gasteiger partial charge >= 0.3 is 6.18 Å². The first-order chi connectivity index (χ1) is 14.5. The number of rotatable bonds is 6. The SMILES string of the molecule is CC(C)NS(=O)(=O)C1CCN(C(=O)COc2ccnc3c(C(F)(F)F)cccc23)CC1. The number of piperidine rings is 1. The minimum absolute atomic E-state index is 0.128. The number of fused-ring (bicyclic) bond motifs is 1. The maximum absolute atomic E-state index is 13.2. The third-order valence-corrected chi connectivity index (χ3v) is 7.17. The highest BCUT2D eigenvalue weighted by Crippen LogP contribution is 2.36. The maximum Gasteiger partial charge on any atom is 0.418 e. The van der Waals surface area contributed by atoms with Crippen molar-refractivity contribution in [3.05, 3.63) is 36.0 Å². The van der Waals surface area contributed by atoms with Crippen LogP contribution in [-0.4, -0.2) is 55.2 Å². The number of nitrogens with zero attached hydrogens (tertiary/aromatic N) is 2. The number of likely N-dealkylation sites (tertiary alicyclic amines) is 1. The molecule has 11 heteroatoms. The van der Waals surface area contributed by atoms with E-state index >= 15 is 0 Å². The molecule has 7 nitrogen and oxygen atoms in total. The molecule has 0 unspecified atom stereocenters. The van der Waals surface area contributed by atoms with E-state index in [2.05, 4.69) is 9.71 Å². The fraction of sp³-hybridized carbons (Fsp3) is 0.500. The molecule has 0 spiro atoms. The lowest BCUT2D eigenvalue weighted by Gasteiger charge is -2.32. The molecule has 0 saturated carbocycles. The number of aromatic nitrogens is 1. The van der Waals surface area contributed by atoms with Crippen molar-refractivity contribution in [2.24, 2.45) is 0 Å². The van der Waals surface area contributed by atoms with Gasteiger partial charge in [0, 0.05) is 30.7 Å². The van der Waals surface area contributed by atoms with Crippen LogP contribution in [0.3, 0.4) is 0 Å². The van der Waals surface area contributed by atoms with Crippen LogP contribution in [0.2, 0.25) is 0 Å². The Morgan fingerprint density at radius 1 is 1.26 bits per heavy atom. The van der Waals surface area contributed by atoms with Crippen LogP contribution in [0.4, 0.5) is 13.2 Å². The summed E-state index contributed by atoms with van der Waals surface area (Å²) >= 11 is 0. The minimum Gasteiger partial charge on any atom is -0.483 e. The Labute approximate surface area is 178 Å². The summed E-state index contributed by atoms with van der Waals surface area (Å²) in [5.41, 5.74) is -1.12. The molecule has 170 valence electrons. The number of amides is 1. The van der Waals surface area contributed by atoms with Gasteiger partial charge in [-0.3, -0.25) is 9.78 Å². The third-order valence-electron chi connectivity index (χ3n) is 5.02. The van der Waals surface area contributed by atoms with Crippen molar-refractivity contribution in [1.29, 1.82) is 0 Å². The number of nitrogens with one attached hydrogen (secondary N) is 1. The molecule has 2 aromatic rings. The van der Waals surface area contributed by atoms with Crippen LogP contribution < -0.4 is 9.46 Å². The second-order valence-electron chi connectivity index (χ2n) is 7.69. The number of ether oxygens (including phenoxy) is 1. The highest BCUT2D eigenvalue weighted by molar-refractivity contribution is 7.90. The number of sulfonamides is 1. The summed E-state index contributed by atoms with van der Waals surface area (Å²) in [6.07, 6.45) is -2.74. The van der Waals surface area contributed by atoms with Gasteiger partial charge in [0.1, 0.15) is 5.75 Å². The standard InChI is InChI=1S/C20H24F3N3O4S/c1-13(2)25-31(28,29)14-7-10-26(11-8-14)18(27)12-30-17-6-9-24-19-15(17)4-3-5-16(19)20(21,22)23/h3-6,9,13-14,25H,7-8,10-12H2,1-2H3. The molecule has 0 bridgehead atoms. The lowest BCUT2D eigenvalue weighted by atomic mass is 10.1. The largest absolute Gasteiger partial charge is 0.483 e. The van der Waals surface area contributed by atoms with E-state index in [9.17, 15) is 26.4 Å². The van der Waals surface area contributed by atoms with Crippen molar-refractivity contribution >= 4 is 26.8 Å². The van der Waals surface area contributed by atoms with Crippen molar-refractivity contribution in [3.63, 3.8) is 0 Å². The quantitative estimate of drug-likeness (QED) is 0.718. The molecule has 31 heavy (non-hydrogen) atoms. The lowest BCUT2D eigenvalue weighted by molar-refractivity contribution is -0.136. The zero-order valence-corrected chi connectivity index (χ0v) is 18.0. The fourth-order valence-corrected chi connectivity index (χ4v) is 5.26. The summed E-state index contributed by atoms with van der Waals surface area (Å²) in [6.45, 7) is 3.65. The number of hydrogen-bond acceptors (Lipinski definition) is 5. The Hall–Kier alpha value is -2.40. The fourth-order valence-electron chi connectivity index (χ4n) is 3.58. The molecule has 0 aliphatic carbocycles. The zero-order valence-electron chi connectivity index (χ0n) is 17.1. The molecule has 1 saturated heterocycles. The van der Waals surface area contributed by atoms with Gasteiger partial charge in [-0.15, -0.1) is 0 Å². The highest BCUT2D eigenvalue weighted by Gasteiger charge is 2.34. The van der Waals surface area contributed by atoms with Gasteiger partial charge in [-0.2, -0.15) is 13.2 Å². The number of halogens is 3. The van der Waals surface area contributed by atoms with Crippen molar-refractivity contribution in [2.75, 3.05) is 19.7 Å². The number of hydrogen-bond donors (Lipinski definition) is 1. The molecule has 1 aliphatic rings. The smallest absolute Gasteiger partial charge is 0.418 e. The molecule has 1 aliphatic heterocycles. The third kappa shape index (κ3) is 5.45. The molecule has 1 amide bonds. The Morgan fingerprint density at radius 3 is 2.55 bits per heavy atom. The first-order valence-corrected chi connectivity index (χ1v) is 11.4. The lowest BCUT2D eigenvalue weighted by Crippen LogP contribution is -2.47. The van der Waals surface area contributed by atoms with Crippen LogP contribution in [0.1, 0.15) is 32.3 Å². The van der Waals surface area contributed by atoms with Crippen LogP contribution in [0.15, 0.2) is 30.5 Å².